The third-order valence-electron chi connectivity index (χ3n) is 5.37. The highest BCUT2D eigenvalue weighted by atomic mass is 35.5. The first-order valence-corrected chi connectivity index (χ1v) is 13.0. The van der Waals surface area contributed by atoms with Crippen LogP contribution in [0.5, 0.6) is 11.5 Å². The van der Waals surface area contributed by atoms with E-state index in [2.05, 4.69) is 13.8 Å². The second kappa shape index (κ2) is 11.2. The Morgan fingerprint density at radius 1 is 1.00 bits per heavy atom. The van der Waals surface area contributed by atoms with Gasteiger partial charge >= 0.3 is 0 Å². The molecule has 3 aromatic rings. The Balaban J connectivity index is 1.81. The number of amidine groups is 1. The molecule has 1 aliphatic heterocycles. The van der Waals surface area contributed by atoms with Crippen molar-refractivity contribution in [2.45, 2.75) is 27.7 Å². The summed E-state index contributed by atoms with van der Waals surface area (Å²) in [5.41, 5.74) is 1.66. The Bertz CT molecular complexity index is 1290. The van der Waals surface area contributed by atoms with Crippen molar-refractivity contribution in [1.29, 1.82) is 0 Å². The number of rotatable bonds is 8. The molecule has 5 nitrogen and oxygen atoms in total. The van der Waals surface area contributed by atoms with E-state index >= 15 is 0 Å². The average Bonchev–Trinajstić information content (AvgIpc) is 3.11. The van der Waals surface area contributed by atoms with Crippen molar-refractivity contribution in [3.05, 3.63) is 70.1 Å². The molecular weight excluding hydrogens is 480 g/mol. The molecule has 1 amide bonds. The zero-order chi connectivity index (χ0) is 24.9. The summed E-state index contributed by atoms with van der Waals surface area (Å²) in [6.07, 6.45) is 1.94. The molecule has 3 aromatic carbocycles. The lowest BCUT2D eigenvalue weighted by Gasteiger charge is -2.17. The molecule has 7 heteroatoms. The van der Waals surface area contributed by atoms with E-state index in [1.165, 1.54) is 11.8 Å². The van der Waals surface area contributed by atoms with Crippen LogP contribution >= 0.6 is 23.4 Å². The molecule has 1 fully saturated rings. The molecule has 1 aliphatic rings. The van der Waals surface area contributed by atoms with Crippen LogP contribution in [0, 0.1) is 5.92 Å². The van der Waals surface area contributed by atoms with Gasteiger partial charge in [-0.3, -0.25) is 9.69 Å². The minimum Gasteiger partial charge on any atom is -0.493 e. The van der Waals surface area contributed by atoms with Gasteiger partial charge in [0.05, 0.1) is 23.8 Å². The number of hydrogen-bond donors (Lipinski definition) is 0. The number of fused-ring (bicyclic) bond motifs is 1. The number of benzene rings is 3. The fourth-order valence-electron chi connectivity index (χ4n) is 3.94. The van der Waals surface area contributed by atoms with Gasteiger partial charge in [0.15, 0.2) is 5.17 Å². The first-order valence-electron chi connectivity index (χ1n) is 11.8. The largest absolute Gasteiger partial charge is 0.493 e. The van der Waals surface area contributed by atoms with Crippen molar-refractivity contribution < 1.29 is 14.3 Å². The van der Waals surface area contributed by atoms with E-state index in [0.29, 0.717) is 40.8 Å². The number of carbonyl (C=O) groups excluding carboxylic acids is 1. The van der Waals surface area contributed by atoms with Gasteiger partial charge in [0.25, 0.3) is 5.91 Å². The van der Waals surface area contributed by atoms with Gasteiger partial charge in [-0.15, -0.1) is 0 Å². The van der Waals surface area contributed by atoms with Gasteiger partial charge in [0.1, 0.15) is 11.5 Å². The minimum atomic E-state index is -0.0488. The summed E-state index contributed by atoms with van der Waals surface area (Å²) in [5, 5.41) is 3.20. The molecule has 0 saturated carbocycles. The van der Waals surface area contributed by atoms with Crippen molar-refractivity contribution in [3.8, 4) is 11.5 Å². The van der Waals surface area contributed by atoms with Crippen LogP contribution in [-0.4, -0.2) is 35.7 Å². The van der Waals surface area contributed by atoms with Crippen LogP contribution in [-0.2, 0) is 4.79 Å². The number of carbonyl (C=O) groups is 1. The first kappa shape index (κ1) is 25.1. The maximum Gasteiger partial charge on any atom is 0.266 e. The summed E-state index contributed by atoms with van der Waals surface area (Å²) >= 11 is 7.42. The van der Waals surface area contributed by atoms with Crippen LogP contribution in [0.15, 0.2) is 64.5 Å². The Morgan fingerprint density at radius 2 is 1.71 bits per heavy atom. The molecule has 182 valence electrons. The summed E-state index contributed by atoms with van der Waals surface area (Å²) in [7, 11) is 0. The number of amides is 1. The molecule has 1 heterocycles. The maximum atomic E-state index is 13.5. The monoisotopic (exact) mass is 508 g/mol. The lowest BCUT2D eigenvalue weighted by molar-refractivity contribution is -0.122. The van der Waals surface area contributed by atoms with E-state index in [4.69, 9.17) is 26.1 Å². The highest BCUT2D eigenvalue weighted by molar-refractivity contribution is 8.18. The number of halogens is 1. The number of nitrogens with zero attached hydrogens (tertiary/aromatic N) is 2. The number of aliphatic imine (C=N–C) groups is 1. The number of thioether (sulfide) groups is 1. The summed E-state index contributed by atoms with van der Waals surface area (Å²) < 4.78 is 11.8. The maximum absolute atomic E-state index is 13.5. The van der Waals surface area contributed by atoms with Crippen LogP contribution in [0.25, 0.3) is 16.8 Å². The third-order valence-corrected chi connectivity index (χ3v) is 6.63. The van der Waals surface area contributed by atoms with Gasteiger partial charge in [0.2, 0.25) is 0 Å². The average molecular weight is 509 g/mol. The molecule has 0 N–H and O–H groups in total. The first-order chi connectivity index (χ1) is 16.9. The van der Waals surface area contributed by atoms with Crippen LogP contribution in [0.3, 0.4) is 0 Å². The van der Waals surface area contributed by atoms with E-state index in [9.17, 15) is 4.79 Å². The molecule has 0 aromatic heterocycles. The summed E-state index contributed by atoms with van der Waals surface area (Å²) in [5.74, 6) is 1.81. The zero-order valence-corrected chi connectivity index (χ0v) is 21.9. The number of hydrogen-bond acceptors (Lipinski definition) is 5. The lowest BCUT2D eigenvalue weighted by atomic mass is 10.0. The Kier molecular flexibility index (Phi) is 8.04. The van der Waals surface area contributed by atoms with Crippen molar-refractivity contribution in [3.63, 3.8) is 0 Å². The van der Waals surface area contributed by atoms with Gasteiger partial charge < -0.3 is 9.47 Å². The molecule has 0 atom stereocenters. The van der Waals surface area contributed by atoms with Crippen molar-refractivity contribution >= 4 is 57.0 Å². The Morgan fingerprint density at radius 3 is 2.40 bits per heavy atom. The van der Waals surface area contributed by atoms with Gasteiger partial charge in [-0.25, -0.2) is 4.99 Å². The van der Waals surface area contributed by atoms with Crippen LogP contribution < -0.4 is 9.47 Å². The molecule has 1 saturated heterocycles. The van der Waals surface area contributed by atoms with Crippen LogP contribution in [0.2, 0.25) is 5.02 Å². The smallest absolute Gasteiger partial charge is 0.266 e. The Hall–Kier alpha value is -2.96. The molecule has 0 bridgehead atoms. The normalized spacial score (nSPS) is 16.2. The highest BCUT2D eigenvalue weighted by Gasteiger charge is 2.34. The SMILES string of the molecule is CCOc1ccc(/C=C2\SC(=Nc3ccc(Cl)cc3)N(CC(C)C)C2=O)c2c(OCC)cccc12. The highest BCUT2D eigenvalue weighted by Crippen LogP contribution is 2.40. The van der Waals surface area contributed by atoms with E-state index in [-0.39, 0.29) is 5.91 Å². The topological polar surface area (TPSA) is 51.1 Å². The van der Waals surface area contributed by atoms with Crippen LogP contribution in [0.4, 0.5) is 5.69 Å². The molecular formula is C28H29ClN2O3S. The van der Waals surface area contributed by atoms with Crippen molar-refractivity contribution in [2.24, 2.45) is 10.9 Å². The van der Waals surface area contributed by atoms with E-state index < -0.39 is 0 Å². The Labute approximate surface area is 215 Å². The fourth-order valence-corrected chi connectivity index (χ4v) is 5.06. The second-order valence-electron chi connectivity index (χ2n) is 8.49. The summed E-state index contributed by atoms with van der Waals surface area (Å²) in [4.78, 5) is 20.6. The molecule has 0 aliphatic carbocycles. The van der Waals surface area contributed by atoms with Gasteiger partial charge in [-0.1, -0.05) is 43.6 Å². The van der Waals surface area contributed by atoms with E-state index in [0.717, 1.165) is 33.5 Å². The second-order valence-corrected chi connectivity index (χ2v) is 9.93. The molecule has 0 unspecified atom stereocenters. The van der Waals surface area contributed by atoms with Gasteiger partial charge in [-0.2, -0.15) is 0 Å². The van der Waals surface area contributed by atoms with E-state index in [1.54, 1.807) is 17.0 Å². The molecule has 0 spiro atoms. The van der Waals surface area contributed by atoms with Gasteiger partial charge in [0, 0.05) is 22.3 Å². The quantitative estimate of drug-likeness (QED) is 0.295. The summed E-state index contributed by atoms with van der Waals surface area (Å²) in [6.45, 7) is 9.81. The third kappa shape index (κ3) is 5.65. The molecule has 0 radical (unpaired) electrons. The minimum absolute atomic E-state index is 0.0488. The lowest BCUT2D eigenvalue weighted by Crippen LogP contribution is -2.32. The summed E-state index contributed by atoms with van der Waals surface area (Å²) in [6, 6.07) is 17.2. The van der Waals surface area contributed by atoms with E-state index in [1.807, 2.05) is 62.4 Å². The molecule has 35 heavy (non-hydrogen) atoms. The van der Waals surface area contributed by atoms with Crippen LogP contribution in [0.1, 0.15) is 33.3 Å². The fraction of sp³-hybridized carbons (Fsp3) is 0.286. The van der Waals surface area contributed by atoms with Crippen molar-refractivity contribution in [2.75, 3.05) is 19.8 Å². The predicted octanol–water partition coefficient (Wildman–Crippen LogP) is 7.55. The van der Waals surface area contributed by atoms with Crippen molar-refractivity contribution in [1.82, 2.24) is 4.90 Å². The zero-order valence-electron chi connectivity index (χ0n) is 20.4. The molecule has 4 rings (SSSR count). The van der Waals surface area contributed by atoms with Gasteiger partial charge in [-0.05, 0) is 79.6 Å². The number of ether oxygens (including phenoxy) is 2. The predicted molar refractivity (Wildman–Crippen MR) is 147 cm³/mol. The standard InChI is InChI=1S/C28H29ClN2O3S/c1-5-33-23-15-10-19(26-22(23)8-7-9-24(26)34-6-2)16-25-27(32)31(17-18(3)4)28(35-25)30-21-13-11-20(29)12-14-21/h7-16,18H,5-6,17H2,1-4H3/b25-16-,30-28?.